The zero-order chi connectivity index (χ0) is 23.5. The lowest BCUT2D eigenvalue weighted by atomic mass is 9.94. The van der Waals surface area contributed by atoms with Gasteiger partial charge in [0.2, 0.25) is 0 Å². The molecule has 0 saturated heterocycles. The largest absolute Gasteiger partial charge is 0.417 e. The molecule has 7 heteroatoms. The summed E-state index contributed by atoms with van der Waals surface area (Å²) < 4.78 is 41.5. The molecule has 0 heterocycles. The molecule has 0 spiro atoms. The summed E-state index contributed by atoms with van der Waals surface area (Å²) in [5.41, 5.74) is 1.86. The Morgan fingerprint density at radius 3 is 2.12 bits per heavy atom. The van der Waals surface area contributed by atoms with Crippen LogP contribution in [0.1, 0.15) is 44.3 Å². The van der Waals surface area contributed by atoms with E-state index >= 15 is 0 Å². The van der Waals surface area contributed by atoms with Crippen LogP contribution in [0.15, 0.2) is 60.7 Å². The molecule has 0 radical (unpaired) electrons. The van der Waals surface area contributed by atoms with Gasteiger partial charge in [-0.15, -0.1) is 0 Å². The summed E-state index contributed by atoms with van der Waals surface area (Å²) in [6.07, 6.45) is -4.61. The van der Waals surface area contributed by atoms with E-state index in [1.165, 1.54) is 24.3 Å². The molecule has 32 heavy (non-hydrogen) atoms. The third kappa shape index (κ3) is 5.17. The van der Waals surface area contributed by atoms with E-state index in [4.69, 9.17) is 0 Å². The lowest BCUT2D eigenvalue weighted by Crippen LogP contribution is -2.23. The summed E-state index contributed by atoms with van der Waals surface area (Å²) in [6.45, 7) is 5.84. The number of carbonyl (C=O) groups is 2. The van der Waals surface area contributed by atoms with Gasteiger partial charge < -0.3 is 10.6 Å². The van der Waals surface area contributed by atoms with Gasteiger partial charge in [-0.2, -0.15) is 13.2 Å². The summed E-state index contributed by atoms with van der Waals surface area (Å²) in [5, 5.41) is 5.14. The second kappa shape index (κ2) is 9.26. The maximum atomic E-state index is 13.8. The third-order valence-corrected chi connectivity index (χ3v) is 4.98. The van der Waals surface area contributed by atoms with E-state index in [2.05, 4.69) is 10.6 Å². The van der Waals surface area contributed by atoms with Crippen molar-refractivity contribution in [2.45, 2.75) is 26.9 Å². The molecule has 0 aliphatic heterocycles. The summed E-state index contributed by atoms with van der Waals surface area (Å²) >= 11 is 0. The number of nitrogens with one attached hydrogen (secondary N) is 2. The van der Waals surface area contributed by atoms with E-state index in [-0.39, 0.29) is 22.7 Å². The fraction of sp³-hybridized carbons (Fsp3) is 0.200. The highest BCUT2D eigenvalue weighted by Gasteiger charge is 2.34. The Morgan fingerprint density at radius 1 is 0.844 bits per heavy atom. The highest BCUT2D eigenvalue weighted by Crippen LogP contribution is 2.39. The number of hydrogen-bond acceptors (Lipinski definition) is 2. The first-order valence-electron chi connectivity index (χ1n) is 10.1. The highest BCUT2D eigenvalue weighted by molar-refractivity contribution is 6.06. The highest BCUT2D eigenvalue weighted by atomic mass is 19.4. The number of rotatable bonds is 5. The summed E-state index contributed by atoms with van der Waals surface area (Å²) in [7, 11) is 0. The van der Waals surface area contributed by atoms with Crippen LogP contribution in [0, 0.1) is 13.8 Å². The van der Waals surface area contributed by atoms with Crippen LogP contribution in [0.25, 0.3) is 11.1 Å². The Bertz CT molecular complexity index is 1170. The van der Waals surface area contributed by atoms with Crippen LogP contribution in [0.4, 0.5) is 18.9 Å². The molecule has 0 fully saturated rings. The van der Waals surface area contributed by atoms with Crippen LogP contribution in [-0.2, 0) is 6.18 Å². The number of hydrogen-bond donors (Lipinski definition) is 2. The lowest BCUT2D eigenvalue weighted by molar-refractivity contribution is -0.137. The Labute approximate surface area is 184 Å². The van der Waals surface area contributed by atoms with Gasteiger partial charge in [0.1, 0.15) is 0 Å². The maximum absolute atomic E-state index is 13.8. The van der Waals surface area contributed by atoms with E-state index < -0.39 is 17.6 Å². The first-order chi connectivity index (χ1) is 15.1. The van der Waals surface area contributed by atoms with E-state index in [0.717, 1.165) is 17.2 Å². The number of amides is 2. The van der Waals surface area contributed by atoms with Crippen molar-refractivity contribution in [3.05, 3.63) is 88.5 Å². The Hall–Kier alpha value is -3.61. The van der Waals surface area contributed by atoms with Crippen molar-refractivity contribution in [3.8, 4) is 11.1 Å². The molecule has 0 unspecified atom stereocenters. The average molecular weight is 440 g/mol. The molecule has 0 saturated carbocycles. The lowest BCUT2D eigenvalue weighted by Gasteiger charge is -2.17. The second-order valence-electron chi connectivity index (χ2n) is 7.47. The average Bonchev–Trinajstić information content (AvgIpc) is 2.73. The van der Waals surface area contributed by atoms with Crippen molar-refractivity contribution in [1.82, 2.24) is 5.32 Å². The number of halogens is 3. The van der Waals surface area contributed by atoms with Gasteiger partial charge in [-0.05, 0) is 67.8 Å². The minimum Gasteiger partial charge on any atom is -0.352 e. The molecule has 0 atom stereocenters. The molecular weight excluding hydrogens is 417 g/mol. The smallest absolute Gasteiger partial charge is 0.352 e. The Morgan fingerprint density at radius 2 is 1.50 bits per heavy atom. The molecule has 3 aromatic carbocycles. The van der Waals surface area contributed by atoms with Gasteiger partial charge in [-0.3, -0.25) is 9.59 Å². The van der Waals surface area contributed by atoms with Crippen molar-refractivity contribution in [1.29, 1.82) is 0 Å². The van der Waals surface area contributed by atoms with Gasteiger partial charge in [-0.1, -0.05) is 35.9 Å². The van der Waals surface area contributed by atoms with Crippen molar-refractivity contribution in [2.75, 3.05) is 11.9 Å². The Kier molecular flexibility index (Phi) is 6.67. The Balaban J connectivity index is 1.94. The molecule has 0 aliphatic carbocycles. The number of alkyl halides is 3. The minimum absolute atomic E-state index is 0.0132. The first-order valence-corrected chi connectivity index (χ1v) is 10.1. The summed E-state index contributed by atoms with van der Waals surface area (Å²) in [4.78, 5) is 24.6. The minimum atomic E-state index is -4.61. The van der Waals surface area contributed by atoms with Crippen molar-refractivity contribution in [2.24, 2.45) is 0 Å². The van der Waals surface area contributed by atoms with Gasteiger partial charge in [0.25, 0.3) is 11.8 Å². The summed E-state index contributed by atoms with van der Waals surface area (Å²) in [6, 6.07) is 15.0. The first kappa shape index (κ1) is 23.1. The van der Waals surface area contributed by atoms with E-state index in [1.807, 2.05) is 13.0 Å². The van der Waals surface area contributed by atoms with Crippen LogP contribution >= 0.6 is 0 Å². The molecular formula is C25H23F3N2O2. The van der Waals surface area contributed by atoms with E-state index in [0.29, 0.717) is 17.7 Å². The molecule has 2 N–H and O–H groups in total. The molecule has 3 rings (SSSR count). The molecule has 4 nitrogen and oxygen atoms in total. The monoisotopic (exact) mass is 440 g/mol. The van der Waals surface area contributed by atoms with Gasteiger partial charge in [0.15, 0.2) is 0 Å². The van der Waals surface area contributed by atoms with E-state index in [1.54, 1.807) is 38.1 Å². The van der Waals surface area contributed by atoms with E-state index in [9.17, 15) is 22.8 Å². The molecule has 2 amide bonds. The van der Waals surface area contributed by atoms with Crippen molar-refractivity contribution < 1.29 is 22.8 Å². The SMILES string of the molecule is CCNC(=O)c1cccc(C(=O)Nc2ccc(-c3ccc(C)cc3C)c(C(F)(F)F)c2)c1. The van der Waals surface area contributed by atoms with Crippen molar-refractivity contribution in [3.63, 3.8) is 0 Å². The quantitative estimate of drug-likeness (QED) is 0.512. The van der Waals surface area contributed by atoms with Crippen LogP contribution in [0.2, 0.25) is 0 Å². The maximum Gasteiger partial charge on any atom is 0.417 e. The zero-order valence-corrected chi connectivity index (χ0v) is 17.9. The van der Waals surface area contributed by atoms with Crippen molar-refractivity contribution >= 4 is 17.5 Å². The van der Waals surface area contributed by atoms with Gasteiger partial charge >= 0.3 is 6.18 Å². The number of carbonyl (C=O) groups excluding carboxylic acids is 2. The number of anilines is 1. The topological polar surface area (TPSA) is 58.2 Å². The van der Waals surface area contributed by atoms with Crippen LogP contribution in [0.3, 0.4) is 0 Å². The van der Waals surface area contributed by atoms with Gasteiger partial charge in [-0.25, -0.2) is 0 Å². The standard InChI is InChI=1S/C25H23F3N2O2/c1-4-29-23(31)17-6-5-7-18(13-17)24(32)30-19-9-11-21(22(14-19)25(26,27)28)20-10-8-15(2)12-16(20)3/h5-14H,4H2,1-3H3,(H,29,31)(H,30,32). The predicted molar refractivity (Wildman–Crippen MR) is 119 cm³/mol. The van der Waals surface area contributed by atoms with Crippen LogP contribution in [-0.4, -0.2) is 18.4 Å². The fourth-order valence-electron chi connectivity index (χ4n) is 3.47. The molecule has 166 valence electrons. The summed E-state index contributed by atoms with van der Waals surface area (Å²) in [5.74, 6) is -0.942. The van der Waals surface area contributed by atoms with Gasteiger partial charge in [0.05, 0.1) is 5.56 Å². The van der Waals surface area contributed by atoms with Crippen LogP contribution < -0.4 is 10.6 Å². The third-order valence-electron chi connectivity index (χ3n) is 4.98. The molecule has 3 aromatic rings. The number of benzene rings is 3. The van der Waals surface area contributed by atoms with Crippen LogP contribution in [0.5, 0.6) is 0 Å². The molecule has 0 aliphatic rings. The zero-order valence-electron chi connectivity index (χ0n) is 17.9. The fourth-order valence-corrected chi connectivity index (χ4v) is 3.47. The normalized spacial score (nSPS) is 11.2. The van der Waals surface area contributed by atoms with Gasteiger partial charge in [0, 0.05) is 23.4 Å². The molecule has 0 aromatic heterocycles. The second-order valence-corrected chi connectivity index (χ2v) is 7.47. The predicted octanol–water partition coefficient (Wildman–Crippen LogP) is 5.99. The number of aryl methyl sites for hydroxylation is 2. The molecule has 0 bridgehead atoms.